The Kier molecular flexibility index (Phi) is 6.17. The Labute approximate surface area is 152 Å². The monoisotopic (exact) mass is 380 g/mol. The first-order valence-electron chi connectivity index (χ1n) is 7.78. The number of benzene rings is 2. The van der Waals surface area contributed by atoms with E-state index in [1.807, 2.05) is 0 Å². The summed E-state index contributed by atoms with van der Waals surface area (Å²) in [4.78, 5) is 22.2. The fraction of sp³-hybridized carbons (Fsp3) is 0.167. The molecule has 0 bridgehead atoms. The summed E-state index contributed by atoms with van der Waals surface area (Å²) in [5, 5.41) is 13.1. The lowest BCUT2D eigenvalue weighted by molar-refractivity contribution is -0.384. The highest BCUT2D eigenvalue weighted by Crippen LogP contribution is 2.35. The number of ether oxygens (including phenoxy) is 1. The first-order chi connectivity index (χ1) is 12.7. The molecule has 9 heteroatoms. The summed E-state index contributed by atoms with van der Waals surface area (Å²) in [6.07, 6.45) is -2.19. The van der Waals surface area contributed by atoms with E-state index in [1.165, 1.54) is 24.3 Å². The van der Waals surface area contributed by atoms with Gasteiger partial charge in [-0.1, -0.05) is 12.1 Å². The van der Waals surface area contributed by atoms with Gasteiger partial charge in [0.1, 0.15) is 5.75 Å². The number of rotatable bonds is 6. The molecule has 0 saturated carbocycles. The smallest absolute Gasteiger partial charge is 0.416 e. The number of amides is 1. The Balaban J connectivity index is 2.21. The van der Waals surface area contributed by atoms with Crippen LogP contribution in [0.4, 0.5) is 24.5 Å². The quantitative estimate of drug-likeness (QED) is 0.449. The molecule has 0 aromatic heterocycles. The van der Waals surface area contributed by atoms with Crippen LogP contribution in [-0.2, 0) is 11.0 Å². The van der Waals surface area contributed by atoms with Crippen LogP contribution in [0.15, 0.2) is 48.5 Å². The van der Waals surface area contributed by atoms with Gasteiger partial charge in [-0.3, -0.25) is 14.9 Å². The summed E-state index contributed by atoms with van der Waals surface area (Å²) in [5.74, 6) is -0.607. The molecular weight excluding hydrogens is 365 g/mol. The molecule has 2 aromatic rings. The molecule has 0 unspecified atom stereocenters. The molecule has 0 radical (unpaired) electrons. The normalized spacial score (nSPS) is 11.4. The molecule has 0 fully saturated rings. The number of nitro groups is 1. The van der Waals surface area contributed by atoms with Crippen molar-refractivity contribution in [3.8, 4) is 5.75 Å². The predicted molar refractivity (Wildman–Crippen MR) is 93.4 cm³/mol. The van der Waals surface area contributed by atoms with Crippen molar-refractivity contribution in [2.45, 2.75) is 13.1 Å². The van der Waals surface area contributed by atoms with Gasteiger partial charge in [-0.2, -0.15) is 13.2 Å². The van der Waals surface area contributed by atoms with Crippen LogP contribution in [0, 0.1) is 10.1 Å². The van der Waals surface area contributed by atoms with E-state index in [2.05, 4.69) is 5.32 Å². The SMILES string of the molecule is CCOc1ccc(C(F)(F)F)cc1NC(=O)/C=C/c1cccc([N+](=O)[O-])c1. The van der Waals surface area contributed by atoms with Gasteiger partial charge >= 0.3 is 6.18 Å². The maximum absolute atomic E-state index is 12.9. The topological polar surface area (TPSA) is 81.5 Å². The number of anilines is 1. The number of hydrogen-bond acceptors (Lipinski definition) is 4. The fourth-order valence-electron chi connectivity index (χ4n) is 2.17. The Bertz CT molecular complexity index is 879. The summed E-state index contributed by atoms with van der Waals surface area (Å²) >= 11 is 0. The number of carbonyl (C=O) groups excluding carboxylic acids is 1. The van der Waals surface area contributed by atoms with Crippen molar-refractivity contribution < 1.29 is 27.6 Å². The van der Waals surface area contributed by atoms with Gasteiger partial charge in [-0.25, -0.2) is 0 Å². The molecular formula is C18H15F3N2O4. The Morgan fingerprint density at radius 3 is 2.63 bits per heavy atom. The van der Waals surface area contributed by atoms with Crippen LogP contribution in [0.3, 0.4) is 0 Å². The second-order valence-electron chi connectivity index (χ2n) is 5.32. The highest BCUT2D eigenvalue weighted by molar-refractivity contribution is 6.02. The minimum Gasteiger partial charge on any atom is -0.492 e. The third-order valence-corrected chi connectivity index (χ3v) is 3.37. The van der Waals surface area contributed by atoms with E-state index in [-0.39, 0.29) is 23.7 Å². The molecule has 0 aliphatic carbocycles. The fourth-order valence-corrected chi connectivity index (χ4v) is 2.17. The molecule has 2 rings (SSSR count). The number of nitrogens with zero attached hydrogens (tertiary/aromatic N) is 1. The van der Waals surface area contributed by atoms with Crippen molar-refractivity contribution in [1.29, 1.82) is 0 Å². The molecule has 1 N–H and O–H groups in total. The van der Waals surface area contributed by atoms with Crippen molar-refractivity contribution in [3.63, 3.8) is 0 Å². The minimum absolute atomic E-state index is 0.0996. The maximum atomic E-state index is 12.9. The summed E-state index contributed by atoms with van der Waals surface area (Å²) in [6.45, 7) is 1.86. The molecule has 0 aliphatic heterocycles. The van der Waals surface area contributed by atoms with E-state index in [0.29, 0.717) is 5.56 Å². The molecule has 0 aliphatic rings. The largest absolute Gasteiger partial charge is 0.492 e. The average molecular weight is 380 g/mol. The van der Waals surface area contributed by atoms with Crippen molar-refractivity contribution in [2.24, 2.45) is 0 Å². The zero-order valence-corrected chi connectivity index (χ0v) is 14.1. The molecule has 0 spiro atoms. The van der Waals surface area contributed by atoms with Crippen LogP contribution in [0.5, 0.6) is 5.75 Å². The van der Waals surface area contributed by atoms with E-state index in [1.54, 1.807) is 13.0 Å². The number of carbonyl (C=O) groups is 1. The lowest BCUT2D eigenvalue weighted by Crippen LogP contribution is -2.12. The third-order valence-electron chi connectivity index (χ3n) is 3.37. The van der Waals surface area contributed by atoms with Gasteiger partial charge in [0.15, 0.2) is 0 Å². The lowest BCUT2D eigenvalue weighted by Gasteiger charge is -2.14. The first kappa shape index (κ1) is 20.0. The van der Waals surface area contributed by atoms with Gasteiger partial charge in [0.05, 0.1) is 22.8 Å². The molecule has 1 amide bonds. The molecule has 2 aromatic carbocycles. The Morgan fingerprint density at radius 1 is 1.26 bits per heavy atom. The van der Waals surface area contributed by atoms with E-state index in [4.69, 9.17) is 4.74 Å². The van der Waals surface area contributed by atoms with Crippen molar-refractivity contribution in [1.82, 2.24) is 0 Å². The van der Waals surface area contributed by atoms with Crippen molar-refractivity contribution in [2.75, 3.05) is 11.9 Å². The standard InChI is InChI=1S/C18H15F3N2O4/c1-2-27-16-8-7-13(18(19,20)21)11-15(16)22-17(24)9-6-12-4-3-5-14(10-12)23(25)26/h3-11H,2H2,1H3,(H,22,24)/b9-6+. The first-order valence-corrected chi connectivity index (χ1v) is 7.78. The number of alkyl halides is 3. The van der Waals surface area contributed by atoms with Crippen LogP contribution >= 0.6 is 0 Å². The Hall–Kier alpha value is -3.36. The summed E-state index contributed by atoms with van der Waals surface area (Å²) in [7, 11) is 0. The van der Waals surface area contributed by atoms with Crippen LogP contribution in [0.2, 0.25) is 0 Å². The molecule has 0 heterocycles. The number of nitro benzene ring substituents is 1. The van der Waals surface area contributed by atoms with Gasteiger partial charge in [0.2, 0.25) is 5.91 Å². The van der Waals surface area contributed by atoms with Crippen LogP contribution in [0.1, 0.15) is 18.1 Å². The van der Waals surface area contributed by atoms with Crippen LogP contribution in [0.25, 0.3) is 6.08 Å². The third kappa shape index (κ3) is 5.56. The van der Waals surface area contributed by atoms with Crippen LogP contribution in [-0.4, -0.2) is 17.4 Å². The molecule has 142 valence electrons. The molecule has 27 heavy (non-hydrogen) atoms. The predicted octanol–water partition coefficient (Wildman–Crippen LogP) is 4.66. The summed E-state index contributed by atoms with van der Waals surface area (Å²) in [6, 6.07) is 8.34. The number of halogens is 3. The number of hydrogen-bond donors (Lipinski definition) is 1. The van der Waals surface area contributed by atoms with Crippen molar-refractivity contribution in [3.05, 3.63) is 69.8 Å². The van der Waals surface area contributed by atoms with E-state index >= 15 is 0 Å². The van der Waals surface area contributed by atoms with Gasteiger partial charge in [0.25, 0.3) is 5.69 Å². The number of nitrogens with one attached hydrogen (secondary N) is 1. The summed E-state index contributed by atoms with van der Waals surface area (Å²) in [5.41, 5.74) is -0.799. The van der Waals surface area contributed by atoms with Gasteiger partial charge in [-0.15, -0.1) is 0 Å². The minimum atomic E-state index is -4.57. The Morgan fingerprint density at radius 2 is 2.00 bits per heavy atom. The molecule has 0 saturated heterocycles. The van der Waals surface area contributed by atoms with E-state index in [9.17, 15) is 28.1 Å². The van der Waals surface area contributed by atoms with E-state index in [0.717, 1.165) is 24.3 Å². The lowest BCUT2D eigenvalue weighted by atomic mass is 10.1. The second-order valence-corrected chi connectivity index (χ2v) is 5.32. The summed E-state index contributed by atoms with van der Waals surface area (Å²) < 4.78 is 43.8. The molecule has 6 nitrogen and oxygen atoms in total. The highest BCUT2D eigenvalue weighted by Gasteiger charge is 2.31. The van der Waals surface area contributed by atoms with Crippen molar-refractivity contribution >= 4 is 23.4 Å². The average Bonchev–Trinajstić information content (AvgIpc) is 2.61. The number of non-ortho nitro benzene ring substituents is 1. The van der Waals surface area contributed by atoms with Gasteiger partial charge in [0, 0.05) is 18.2 Å². The zero-order valence-electron chi connectivity index (χ0n) is 14.1. The van der Waals surface area contributed by atoms with E-state index < -0.39 is 22.6 Å². The highest BCUT2D eigenvalue weighted by atomic mass is 19.4. The van der Waals surface area contributed by atoms with Gasteiger partial charge < -0.3 is 10.1 Å². The van der Waals surface area contributed by atoms with Crippen LogP contribution < -0.4 is 10.1 Å². The molecule has 0 atom stereocenters. The second kappa shape index (κ2) is 8.35. The maximum Gasteiger partial charge on any atom is 0.416 e. The zero-order chi connectivity index (χ0) is 20.0. The van der Waals surface area contributed by atoms with Gasteiger partial charge in [-0.05, 0) is 36.8 Å².